The molecule has 6 nitrogen and oxygen atoms in total. The second-order valence-corrected chi connectivity index (χ2v) is 9.64. The highest BCUT2D eigenvalue weighted by Gasteiger charge is 2.25. The Hall–Kier alpha value is -2.06. The molecule has 28 heavy (non-hydrogen) atoms. The van der Waals surface area contributed by atoms with Crippen LogP contribution in [0.25, 0.3) is 10.2 Å². The van der Waals surface area contributed by atoms with Gasteiger partial charge in [0.05, 0.1) is 23.4 Å². The number of thiophene rings is 1. The number of aromatic nitrogens is 2. The average Bonchev–Trinajstić information content (AvgIpc) is 3.31. The van der Waals surface area contributed by atoms with Gasteiger partial charge >= 0.3 is 0 Å². The Morgan fingerprint density at radius 3 is 2.89 bits per heavy atom. The van der Waals surface area contributed by atoms with E-state index in [0.717, 1.165) is 35.9 Å². The number of hydrogen-bond acceptors (Lipinski definition) is 6. The number of carbonyl (C=O) groups is 1. The second kappa shape index (κ2) is 7.75. The van der Waals surface area contributed by atoms with Crippen molar-refractivity contribution in [2.75, 3.05) is 14.1 Å². The molecule has 1 aliphatic carbocycles. The van der Waals surface area contributed by atoms with Crippen molar-refractivity contribution in [2.24, 2.45) is 0 Å². The number of nitrogens with zero attached hydrogens (tertiary/aromatic N) is 3. The Morgan fingerprint density at radius 2 is 2.18 bits per heavy atom. The van der Waals surface area contributed by atoms with Gasteiger partial charge in [-0.05, 0) is 50.3 Å². The van der Waals surface area contributed by atoms with Gasteiger partial charge in [0.2, 0.25) is 5.91 Å². The van der Waals surface area contributed by atoms with Crippen LogP contribution in [-0.2, 0) is 24.2 Å². The van der Waals surface area contributed by atoms with Crippen LogP contribution in [0, 0.1) is 0 Å². The van der Waals surface area contributed by atoms with E-state index in [4.69, 9.17) is 9.40 Å². The minimum Gasteiger partial charge on any atom is -0.467 e. The Kier molecular flexibility index (Phi) is 5.33. The van der Waals surface area contributed by atoms with E-state index in [1.54, 1.807) is 41.2 Å². The summed E-state index contributed by atoms with van der Waals surface area (Å²) in [7, 11) is 3.47. The predicted molar refractivity (Wildman–Crippen MR) is 112 cm³/mol. The topological polar surface area (TPSA) is 68.3 Å². The third-order valence-corrected chi connectivity index (χ3v) is 7.27. The van der Waals surface area contributed by atoms with Crippen LogP contribution in [0.2, 0.25) is 0 Å². The van der Waals surface area contributed by atoms with E-state index in [2.05, 4.69) is 0 Å². The minimum absolute atomic E-state index is 0.00521. The molecule has 8 heteroatoms. The van der Waals surface area contributed by atoms with E-state index in [-0.39, 0.29) is 16.7 Å². The van der Waals surface area contributed by atoms with Crippen LogP contribution in [0.15, 0.2) is 32.8 Å². The fourth-order valence-electron chi connectivity index (χ4n) is 3.58. The Morgan fingerprint density at radius 1 is 1.39 bits per heavy atom. The van der Waals surface area contributed by atoms with E-state index in [1.165, 1.54) is 22.2 Å². The molecule has 0 fully saturated rings. The fourth-order valence-corrected chi connectivity index (χ4v) is 5.94. The zero-order valence-corrected chi connectivity index (χ0v) is 17.9. The van der Waals surface area contributed by atoms with Gasteiger partial charge in [-0.2, -0.15) is 0 Å². The molecule has 3 heterocycles. The van der Waals surface area contributed by atoms with Crippen LogP contribution in [0.5, 0.6) is 0 Å². The first-order valence-electron chi connectivity index (χ1n) is 9.41. The van der Waals surface area contributed by atoms with Crippen molar-refractivity contribution in [1.82, 2.24) is 14.5 Å². The average molecular weight is 418 g/mol. The van der Waals surface area contributed by atoms with Crippen molar-refractivity contribution in [3.63, 3.8) is 0 Å². The molecule has 0 radical (unpaired) electrons. The van der Waals surface area contributed by atoms with E-state index < -0.39 is 0 Å². The molecule has 3 aromatic rings. The summed E-state index contributed by atoms with van der Waals surface area (Å²) in [4.78, 5) is 34.3. The number of thioether (sulfide) groups is 1. The van der Waals surface area contributed by atoms with E-state index in [0.29, 0.717) is 17.5 Å². The number of aryl methyl sites for hydroxylation is 2. The molecule has 0 saturated heterocycles. The molecule has 1 aliphatic rings. The van der Waals surface area contributed by atoms with Gasteiger partial charge in [-0.3, -0.25) is 14.2 Å². The summed E-state index contributed by atoms with van der Waals surface area (Å²) in [6, 6.07) is 3.66. The molecule has 0 aliphatic heterocycles. The van der Waals surface area contributed by atoms with Crippen molar-refractivity contribution >= 4 is 39.2 Å². The third kappa shape index (κ3) is 3.51. The summed E-state index contributed by atoms with van der Waals surface area (Å²) in [5.74, 6) is 0.690. The van der Waals surface area contributed by atoms with E-state index in [1.807, 2.05) is 19.1 Å². The predicted octanol–water partition coefficient (Wildman–Crippen LogP) is 3.55. The van der Waals surface area contributed by atoms with Gasteiger partial charge < -0.3 is 9.32 Å². The Labute approximate surface area is 171 Å². The summed E-state index contributed by atoms with van der Waals surface area (Å²) < 4.78 is 7.13. The molecule has 1 amide bonds. The summed E-state index contributed by atoms with van der Waals surface area (Å²) in [6.45, 7) is 2.16. The lowest BCUT2D eigenvalue weighted by atomic mass is 9.97. The fraction of sp³-hybridized carbons (Fsp3) is 0.450. The number of rotatable bonds is 5. The maximum absolute atomic E-state index is 13.5. The number of hydrogen-bond donors (Lipinski definition) is 0. The lowest BCUT2D eigenvalue weighted by Crippen LogP contribution is -2.31. The van der Waals surface area contributed by atoms with Crippen LogP contribution < -0.4 is 5.56 Å². The smallest absolute Gasteiger partial charge is 0.263 e. The minimum atomic E-state index is -0.336. The zero-order valence-electron chi connectivity index (χ0n) is 16.2. The molecule has 3 aromatic heterocycles. The van der Waals surface area contributed by atoms with Crippen molar-refractivity contribution in [3.8, 4) is 0 Å². The molecule has 1 atom stereocenters. The molecule has 0 bridgehead atoms. The van der Waals surface area contributed by atoms with Crippen LogP contribution in [0.4, 0.5) is 0 Å². The highest BCUT2D eigenvalue weighted by atomic mass is 32.2. The molecule has 0 aromatic carbocycles. The number of carbonyl (C=O) groups excluding carboxylic acids is 1. The largest absolute Gasteiger partial charge is 0.467 e. The van der Waals surface area contributed by atoms with Crippen molar-refractivity contribution < 1.29 is 9.21 Å². The Balaban J connectivity index is 1.84. The molecule has 0 N–H and O–H groups in total. The van der Waals surface area contributed by atoms with Crippen LogP contribution in [0.1, 0.15) is 36.0 Å². The van der Waals surface area contributed by atoms with Crippen molar-refractivity contribution in [1.29, 1.82) is 0 Å². The maximum atomic E-state index is 13.5. The van der Waals surface area contributed by atoms with Crippen LogP contribution >= 0.6 is 23.1 Å². The lowest BCUT2D eigenvalue weighted by Gasteiger charge is -2.18. The maximum Gasteiger partial charge on any atom is 0.263 e. The lowest BCUT2D eigenvalue weighted by molar-refractivity contribution is -0.127. The van der Waals surface area contributed by atoms with Gasteiger partial charge in [0.25, 0.3) is 5.56 Å². The standard InChI is InChI=1S/C20H23N3O3S2/c1-12(18(24)22(2)3)27-20-21-17-16(14-8-4-5-9-15(14)28-17)19(25)23(20)11-13-7-6-10-26-13/h6-7,10,12H,4-5,8-9,11H2,1-3H3/t12-/m1/s1. The van der Waals surface area contributed by atoms with Crippen LogP contribution in [0.3, 0.4) is 0 Å². The van der Waals surface area contributed by atoms with E-state index in [9.17, 15) is 9.59 Å². The summed E-state index contributed by atoms with van der Waals surface area (Å²) >= 11 is 2.96. The van der Waals surface area contributed by atoms with Crippen molar-refractivity contribution in [2.45, 2.75) is 49.6 Å². The monoisotopic (exact) mass is 417 g/mol. The number of furan rings is 1. The van der Waals surface area contributed by atoms with Crippen molar-refractivity contribution in [3.05, 3.63) is 45.0 Å². The first kappa shape index (κ1) is 19.3. The molecule has 0 spiro atoms. The summed E-state index contributed by atoms with van der Waals surface area (Å²) in [6.07, 6.45) is 5.84. The molecule has 0 unspecified atom stereocenters. The quantitative estimate of drug-likeness (QED) is 0.469. The summed E-state index contributed by atoms with van der Waals surface area (Å²) in [5.41, 5.74) is 1.14. The molecule has 148 valence electrons. The molecular formula is C20H23N3O3S2. The molecule has 0 saturated carbocycles. The normalized spacial score (nSPS) is 14.8. The zero-order chi connectivity index (χ0) is 19.8. The summed E-state index contributed by atoms with van der Waals surface area (Å²) in [5, 5.41) is 0.981. The highest BCUT2D eigenvalue weighted by molar-refractivity contribution is 8.00. The van der Waals surface area contributed by atoms with Gasteiger partial charge in [0, 0.05) is 19.0 Å². The van der Waals surface area contributed by atoms with Gasteiger partial charge in [0.1, 0.15) is 10.6 Å². The van der Waals surface area contributed by atoms with E-state index >= 15 is 0 Å². The van der Waals surface area contributed by atoms with Crippen LogP contribution in [-0.4, -0.2) is 39.7 Å². The number of fused-ring (bicyclic) bond motifs is 3. The first-order chi connectivity index (χ1) is 13.5. The second-order valence-electron chi connectivity index (χ2n) is 7.25. The van der Waals surface area contributed by atoms with Gasteiger partial charge in [-0.1, -0.05) is 11.8 Å². The highest BCUT2D eigenvalue weighted by Crippen LogP contribution is 2.35. The first-order valence-corrected chi connectivity index (χ1v) is 11.1. The number of amides is 1. The van der Waals surface area contributed by atoms with Gasteiger partial charge in [-0.15, -0.1) is 11.3 Å². The SMILES string of the molecule is C[C@@H](Sc1nc2sc3c(c2c(=O)n1Cc1ccco1)CCCC3)C(=O)N(C)C. The molecular weight excluding hydrogens is 394 g/mol. The molecule has 4 rings (SSSR count). The van der Waals surface area contributed by atoms with Gasteiger partial charge in [-0.25, -0.2) is 4.98 Å². The Bertz CT molecular complexity index is 1070. The van der Waals surface area contributed by atoms with Gasteiger partial charge in [0.15, 0.2) is 5.16 Å². The third-order valence-electron chi connectivity index (χ3n) is 5.00.